The van der Waals surface area contributed by atoms with Crippen LogP contribution in [0.25, 0.3) is 21.5 Å². The zero-order valence-electron chi connectivity index (χ0n) is 11.4. The number of carboxylic acids is 1. The van der Waals surface area contributed by atoms with E-state index in [1.807, 2.05) is 12.1 Å². The lowest BCUT2D eigenvalue weighted by atomic mass is 9.98. The summed E-state index contributed by atoms with van der Waals surface area (Å²) in [4.78, 5) is 11.0. The molecule has 3 rings (SSSR count). The van der Waals surface area contributed by atoms with Crippen LogP contribution < -0.4 is 0 Å². The second kappa shape index (κ2) is 4.97. The lowest BCUT2D eigenvalue weighted by Gasteiger charge is -2.07. The minimum Gasteiger partial charge on any atom is -0.478 e. The molecule has 0 atom stereocenters. The number of hydrogen-bond acceptors (Lipinski definition) is 1. The Morgan fingerprint density at radius 1 is 0.950 bits per heavy atom. The molecule has 20 heavy (non-hydrogen) atoms. The van der Waals surface area contributed by atoms with Crippen molar-refractivity contribution in [2.75, 3.05) is 0 Å². The topological polar surface area (TPSA) is 37.3 Å². The van der Waals surface area contributed by atoms with E-state index in [-0.39, 0.29) is 0 Å². The molecule has 0 amide bonds. The fraction of sp³-hybridized carbons (Fsp3) is 0.167. The second-order valence-corrected chi connectivity index (χ2v) is 5.11. The van der Waals surface area contributed by atoms with Gasteiger partial charge in [-0.2, -0.15) is 0 Å². The van der Waals surface area contributed by atoms with Gasteiger partial charge in [-0.1, -0.05) is 49.7 Å². The largest absolute Gasteiger partial charge is 0.478 e. The van der Waals surface area contributed by atoms with Gasteiger partial charge < -0.3 is 5.11 Å². The summed E-state index contributed by atoms with van der Waals surface area (Å²) in [5, 5.41) is 13.5. The summed E-state index contributed by atoms with van der Waals surface area (Å²) >= 11 is 0. The summed E-state index contributed by atoms with van der Waals surface area (Å²) in [6, 6.07) is 15.9. The number of benzene rings is 3. The Hall–Kier alpha value is -2.35. The van der Waals surface area contributed by atoms with Crippen LogP contribution in [0.4, 0.5) is 0 Å². The van der Waals surface area contributed by atoms with E-state index in [9.17, 15) is 4.79 Å². The molecule has 0 saturated heterocycles. The predicted octanol–water partition coefficient (Wildman–Crippen LogP) is 4.64. The van der Waals surface area contributed by atoms with Gasteiger partial charge in [-0.05, 0) is 45.7 Å². The summed E-state index contributed by atoms with van der Waals surface area (Å²) < 4.78 is 0. The zero-order valence-corrected chi connectivity index (χ0v) is 11.4. The minimum absolute atomic E-state index is 0.333. The van der Waals surface area contributed by atoms with E-state index in [1.165, 1.54) is 16.3 Å². The smallest absolute Gasteiger partial charge is 0.335 e. The highest BCUT2D eigenvalue weighted by Crippen LogP contribution is 2.27. The van der Waals surface area contributed by atoms with E-state index in [1.54, 1.807) is 12.1 Å². The predicted molar refractivity (Wildman–Crippen MR) is 82.4 cm³/mol. The zero-order chi connectivity index (χ0) is 14.1. The van der Waals surface area contributed by atoms with Crippen LogP contribution in [0.3, 0.4) is 0 Å². The molecule has 0 saturated carbocycles. The Morgan fingerprint density at radius 2 is 1.60 bits per heavy atom. The molecule has 0 aromatic heterocycles. The third kappa shape index (κ3) is 2.14. The molecule has 3 aromatic carbocycles. The number of fused-ring (bicyclic) bond motifs is 3. The number of aryl methyl sites for hydroxylation is 1. The van der Waals surface area contributed by atoms with Gasteiger partial charge in [-0.25, -0.2) is 4.79 Å². The van der Waals surface area contributed by atoms with Crippen LogP contribution in [-0.2, 0) is 6.42 Å². The van der Waals surface area contributed by atoms with Crippen molar-refractivity contribution in [1.82, 2.24) is 0 Å². The molecular weight excluding hydrogens is 248 g/mol. The highest BCUT2D eigenvalue weighted by atomic mass is 16.4. The maximum Gasteiger partial charge on any atom is 0.335 e. The summed E-state index contributed by atoms with van der Waals surface area (Å²) in [7, 11) is 0. The third-order valence-corrected chi connectivity index (χ3v) is 3.69. The van der Waals surface area contributed by atoms with Crippen LogP contribution in [0.2, 0.25) is 0 Å². The van der Waals surface area contributed by atoms with Crippen LogP contribution in [0.1, 0.15) is 29.3 Å². The Morgan fingerprint density at radius 3 is 2.25 bits per heavy atom. The van der Waals surface area contributed by atoms with E-state index in [0.29, 0.717) is 5.56 Å². The van der Waals surface area contributed by atoms with Gasteiger partial charge in [0.05, 0.1) is 5.56 Å². The Bertz CT molecular complexity index is 803. The van der Waals surface area contributed by atoms with Crippen molar-refractivity contribution in [3.8, 4) is 0 Å². The van der Waals surface area contributed by atoms with Crippen LogP contribution in [0.15, 0.2) is 48.5 Å². The number of carboxylic acid groups (broad SMARTS) is 1. The molecule has 0 heterocycles. The van der Waals surface area contributed by atoms with Crippen LogP contribution in [-0.4, -0.2) is 11.1 Å². The highest BCUT2D eigenvalue weighted by molar-refractivity contribution is 6.09. The van der Waals surface area contributed by atoms with Crippen molar-refractivity contribution in [2.24, 2.45) is 0 Å². The molecule has 0 radical (unpaired) electrons. The molecule has 3 aromatic rings. The Labute approximate surface area is 117 Å². The molecule has 2 heteroatoms. The van der Waals surface area contributed by atoms with E-state index in [0.717, 1.165) is 23.6 Å². The molecule has 100 valence electrons. The average molecular weight is 264 g/mol. The number of hydrogen-bond donors (Lipinski definition) is 1. The number of rotatable bonds is 3. The van der Waals surface area contributed by atoms with E-state index in [4.69, 9.17) is 5.11 Å². The van der Waals surface area contributed by atoms with Gasteiger partial charge in [0.25, 0.3) is 0 Å². The average Bonchev–Trinajstić information content (AvgIpc) is 2.46. The first kappa shape index (κ1) is 12.7. The van der Waals surface area contributed by atoms with Gasteiger partial charge in [0, 0.05) is 0 Å². The molecule has 0 aliphatic carbocycles. The monoisotopic (exact) mass is 264 g/mol. The van der Waals surface area contributed by atoms with Crippen LogP contribution >= 0.6 is 0 Å². The standard InChI is InChI=1S/C18H16O2/c1-2-3-12-4-8-16-13(10-12)5-6-14-11-15(18(19)20)7-9-17(14)16/h4-11H,2-3H2,1H3,(H,19,20). The van der Waals surface area contributed by atoms with E-state index in [2.05, 4.69) is 31.2 Å². The summed E-state index contributed by atoms with van der Waals surface area (Å²) in [5.41, 5.74) is 1.68. The van der Waals surface area contributed by atoms with Crippen molar-refractivity contribution < 1.29 is 9.90 Å². The molecule has 0 bridgehead atoms. The van der Waals surface area contributed by atoms with Gasteiger partial charge in [-0.3, -0.25) is 0 Å². The number of carbonyl (C=O) groups is 1. The molecule has 1 N–H and O–H groups in total. The van der Waals surface area contributed by atoms with Crippen molar-refractivity contribution in [3.63, 3.8) is 0 Å². The third-order valence-electron chi connectivity index (χ3n) is 3.69. The van der Waals surface area contributed by atoms with Gasteiger partial charge >= 0.3 is 5.97 Å². The van der Waals surface area contributed by atoms with Crippen molar-refractivity contribution in [2.45, 2.75) is 19.8 Å². The summed E-state index contributed by atoms with van der Waals surface area (Å²) in [5.74, 6) is -0.884. The van der Waals surface area contributed by atoms with Gasteiger partial charge in [-0.15, -0.1) is 0 Å². The second-order valence-electron chi connectivity index (χ2n) is 5.11. The molecular formula is C18H16O2. The van der Waals surface area contributed by atoms with E-state index < -0.39 is 5.97 Å². The van der Waals surface area contributed by atoms with E-state index >= 15 is 0 Å². The number of aromatic carboxylic acids is 1. The van der Waals surface area contributed by atoms with Gasteiger partial charge in [0.15, 0.2) is 0 Å². The van der Waals surface area contributed by atoms with Crippen LogP contribution in [0.5, 0.6) is 0 Å². The van der Waals surface area contributed by atoms with Gasteiger partial charge in [0.2, 0.25) is 0 Å². The van der Waals surface area contributed by atoms with Crippen molar-refractivity contribution in [3.05, 3.63) is 59.7 Å². The first-order valence-electron chi connectivity index (χ1n) is 6.88. The van der Waals surface area contributed by atoms with Crippen molar-refractivity contribution in [1.29, 1.82) is 0 Å². The molecule has 2 nitrogen and oxygen atoms in total. The Kier molecular flexibility index (Phi) is 3.15. The van der Waals surface area contributed by atoms with Crippen LogP contribution in [0, 0.1) is 0 Å². The normalized spacial score (nSPS) is 11.1. The molecule has 0 aliphatic rings. The minimum atomic E-state index is -0.884. The SMILES string of the molecule is CCCc1ccc2c(ccc3cc(C(=O)O)ccc32)c1. The highest BCUT2D eigenvalue weighted by Gasteiger charge is 2.06. The lowest BCUT2D eigenvalue weighted by molar-refractivity contribution is 0.0697. The first-order chi connectivity index (χ1) is 9.69. The Balaban J connectivity index is 2.23. The van der Waals surface area contributed by atoms with Gasteiger partial charge in [0.1, 0.15) is 0 Å². The fourth-order valence-corrected chi connectivity index (χ4v) is 2.70. The molecule has 0 fully saturated rings. The molecule has 0 spiro atoms. The maximum absolute atomic E-state index is 11.0. The lowest BCUT2D eigenvalue weighted by Crippen LogP contribution is -1.95. The molecule has 0 unspecified atom stereocenters. The molecule has 0 aliphatic heterocycles. The first-order valence-corrected chi connectivity index (χ1v) is 6.88. The quantitative estimate of drug-likeness (QED) is 0.699. The fourth-order valence-electron chi connectivity index (χ4n) is 2.70. The summed E-state index contributed by atoms with van der Waals surface area (Å²) in [6.45, 7) is 2.18. The maximum atomic E-state index is 11.0. The summed E-state index contributed by atoms with van der Waals surface area (Å²) in [6.07, 6.45) is 2.23. The van der Waals surface area contributed by atoms with Crippen molar-refractivity contribution >= 4 is 27.5 Å².